The zero-order valence-corrected chi connectivity index (χ0v) is 10.5. The number of imidazole rings is 1. The first kappa shape index (κ1) is 10.6. The maximum Gasteiger partial charge on any atom is 0.180 e. The van der Waals surface area contributed by atoms with Crippen LogP contribution in [0.5, 0.6) is 5.75 Å². The van der Waals surface area contributed by atoms with Crippen molar-refractivity contribution in [2.24, 2.45) is 0 Å². The van der Waals surface area contributed by atoms with Crippen molar-refractivity contribution in [2.75, 3.05) is 0 Å². The molecule has 0 amide bonds. The van der Waals surface area contributed by atoms with Crippen molar-refractivity contribution >= 4 is 5.65 Å². The monoisotopic (exact) mass is 250 g/mol. The Morgan fingerprint density at radius 2 is 2.00 bits per heavy atom. The summed E-state index contributed by atoms with van der Waals surface area (Å²) in [5.41, 5.74) is 5.56. The quantitative estimate of drug-likeness (QED) is 0.720. The van der Waals surface area contributed by atoms with E-state index in [1.165, 1.54) is 30.4 Å². The third kappa shape index (κ3) is 1.62. The minimum Gasteiger partial charge on any atom is -0.504 e. The standard InChI is InChI=1S/C16H14N2O/c19-15-5-2-8-18-10-14(17-16(15)18)13-7-6-11-3-1-4-12(11)9-13/h2,5-10,19H,1,3-4H2. The highest BCUT2D eigenvalue weighted by Crippen LogP contribution is 2.29. The molecule has 0 spiro atoms. The summed E-state index contributed by atoms with van der Waals surface area (Å²) in [5, 5.41) is 9.80. The molecule has 0 fully saturated rings. The molecule has 0 aliphatic heterocycles. The van der Waals surface area contributed by atoms with Crippen LogP contribution in [0.15, 0.2) is 42.7 Å². The molecule has 1 aromatic carbocycles. The van der Waals surface area contributed by atoms with Crippen LogP contribution in [0.3, 0.4) is 0 Å². The van der Waals surface area contributed by atoms with Gasteiger partial charge in [0, 0.05) is 18.0 Å². The molecule has 2 aromatic heterocycles. The lowest BCUT2D eigenvalue weighted by Crippen LogP contribution is -1.84. The van der Waals surface area contributed by atoms with E-state index in [4.69, 9.17) is 0 Å². The van der Waals surface area contributed by atoms with Crippen LogP contribution in [0.25, 0.3) is 16.9 Å². The number of hydrogen-bond acceptors (Lipinski definition) is 2. The number of fused-ring (bicyclic) bond motifs is 2. The molecule has 0 saturated carbocycles. The summed E-state index contributed by atoms with van der Waals surface area (Å²) < 4.78 is 1.86. The number of rotatable bonds is 1. The van der Waals surface area contributed by atoms with Gasteiger partial charge in [-0.05, 0) is 48.6 Å². The molecule has 0 unspecified atom stereocenters. The van der Waals surface area contributed by atoms with Crippen LogP contribution in [0.1, 0.15) is 17.5 Å². The van der Waals surface area contributed by atoms with E-state index in [-0.39, 0.29) is 5.75 Å². The molecule has 3 heteroatoms. The van der Waals surface area contributed by atoms with Gasteiger partial charge in [-0.15, -0.1) is 0 Å². The van der Waals surface area contributed by atoms with Crippen LogP contribution in [-0.2, 0) is 12.8 Å². The van der Waals surface area contributed by atoms with E-state index in [2.05, 4.69) is 23.2 Å². The van der Waals surface area contributed by atoms with E-state index in [1.807, 2.05) is 22.9 Å². The number of aromatic nitrogens is 2. The number of aryl methyl sites for hydroxylation is 2. The maximum absolute atomic E-state index is 9.80. The molecule has 0 saturated heterocycles. The molecule has 0 radical (unpaired) electrons. The fourth-order valence-corrected chi connectivity index (χ4v) is 2.87. The van der Waals surface area contributed by atoms with Gasteiger partial charge in [0.1, 0.15) is 0 Å². The largest absolute Gasteiger partial charge is 0.504 e. The Morgan fingerprint density at radius 1 is 1.11 bits per heavy atom. The molecule has 1 aliphatic carbocycles. The average molecular weight is 250 g/mol. The van der Waals surface area contributed by atoms with Gasteiger partial charge in [0.2, 0.25) is 0 Å². The van der Waals surface area contributed by atoms with E-state index in [0.29, 0.717) is 5.65 Å². The zero-order valence-electron chi connectivity index (χ0n) is 10.5. The van der Waals surface area contributed by atoms with Crippen molar-refractivity contribution in [1.82, 2.24) is 9.38 Å². The third-order valence-electron chi connectivity index (χ3n) is 3.86. The Morgan fingerprint density at radius 3 is 2.89 bits per heavy atom. The first-order valence-corrected chi connectivity index (χ1v) is 6.60. The summed E-state index contributed by atoms with van der Waals surface area (Å²) in [4.78, 5) is 4.52. The molecule has 1 aliphatic rings. The Labute approximate surface area is 111 Å². The Bertz CT molecular complexity index is 774. The summed E-state index contributed by atoms with van der Waals surface area (Å²) in [7, 11) is 0. The molecule has 1 N–H and O–H groups in total. The minimum atomic E-state index is 0.218. The van der Waals surface area contributed by atoms with Gasteiger partial charge < -0.3 is 9.51 Å². The van der Waals surface area contributed by atoms with E-state index >= 15 is 0 Å². The van der Waals surface area contributed by atoms with Gasteiger partial charge >= 0.3 is 0 Å². The summed E-state index contributed by atoms with van der Waals surface area (Å²) in [6.07, 6.45) is 7.48. The van der Waals surface area contributed by atoms with Crippen molar-refractivity contribution in [3.8, 4) is 17.0 Å². The molecule has 19 heavy (non-hydrogen) atoms. The van der Waals surface area contributed by atoms with Crippen molar-refractivity contribution in [1.29, 1.82) is 0 Å². The predicted octanol–water partition coefficient (Wildman–Crippen LogP) is 3.20. The molecule has 3 aromatic rings. The first-order chi connectivity index (χ1) is 9.31. The van der Waals surface area contributed by atoms with Crippen LogP contribution >= 0.6 is 0 Å². The minimum absolute atomic E-state index is 0.218. The molecule has 0 bridgehead atoms. The van der Waals surface area contributed by atoms with Crippen molar-refractivity contribution in [2.45, 2.75) is 19.3 Å². The topological polar surface area (TPSA) is 37.5 Å². The van der Waals surface area contributed by atoms with E-state index < -0.39 is 0 Å². The van der Waals surface area contributed by atoms with Crippen molar-refractivity contribution < 1.29 is 5.11 Å². The van der Waals surface area contributed by atoms with Crippen LogP contribution in [0, 0.1) is 0 Å². The zero-order chi connectivity index (χ0) is 12.8. The second-order valence-electron chi connectivity index (χ2n) is 5.09. The van der Waals surface area contributed by atoms with Gasteiger partial charge in [-0.3, -0.25) is 0 Å². The molecular formula is C16H14N2O. The Hall–Kier alpha value is -2.29. The Kier molecular flexibility index (Phi) is 2.15. The van der Waals surface area contributed by atoms with Gasteiger partial charge in [-0.2, -0.15) is 0 Å². The fraction of sp³-hybridized carbons (Fsp3) is 0.188. The van der Waals surface area contributed by atoms with Gasteiger partial charge in [0.15, 0.2) is 11.4 Å². The first-order valence-electron chi connectivity index (χ1n) is 6.60. The molecule has 0 atom stereocenters. The predicted molar refractivity (Wildman–Crippen MR) is 74.3 cm³/mol. The lowest BCUT2D eigenvalue weighted by molar-refractivity contribution is 0.477. The number of aromatic hydroxyl groups is 1. The molecule has 4 rings (SSSR count). The highest BCUT2D eigenvalue weighted by Gasteiger charge is 2.13. The lowest BCUT2D eigenvalue weighted by atomic mass is 10.1. The third-order valence-corrected chi connectivity index (χ3v) is 3.86. The van der Waals surface area contributed by atoms with Gasteiger partial charge in [-0.1, -0.05) is 12.1 Å². The van der Waals surface area contributed by atoms with Crippen LogP contribution in [-0.4, -0.2) is 14.5 Å². The van der Waals surface area contributed by atoms with E-state index in [9.17, 15) is 5.11 Å². The Balaban J connectivity index is 1.88. The second-order valence-corrected chi connectivity index (χ2v) is 5.09. The highest BCUT2D eigenvalue weighted by molar-refractivity contribution is 5.67. The van der Waals surface area contributed by atoms with Crippen LogP contribution in [0.2, 0.25) is 0 Å². The van der Waals surface area contributed by atoms with Crippen LogP contribution < -0.4 is 0 Å². The highest BCUT2D eigenvalue weighted by atomic mass is 16.3. The van der Waals surface area contributed by atoms with Gasteiger partial charge in [0.25, 0.3) is 0 Å². The number of pyridine rings is 1. The van der Waals surface area contributed by atoms with Gasteiger partial charge in [-0.25, -0.2) is 4.98 Å². The summed E-state index contributed by atoms with van der Waals surface area (Å²) >= 11 is 0. The van der Waals surface area contributed by atoms with Gasteiger partial charge in [0.05, 0.1) is 5.69 Å². The molecule has 94 valence electrons. The van der Waals surface area contributed by atoms with E-state index in [1.54, 1.807) is 6.07 Å². The molecule has 3 nitrogen and oxygen atoms in total. The van der Waals surface area contributed by atoms with Crippen molar-refractivity contribution in [3.05, 3.63) is 53.9 Å². The number of hydrogen-bond donors (Lipinski definition) is 1. The smallest absolute Gasteiger partial charge is 0.180 e. The summed E-state index contributed by atoms with van der Waals surface area (Å²) in [5.74, 6) is 0.218. The fourth-order valence-electron chi connectivity index (χ4n) is 2.87. The van der Waals surface area contributed by atoms with E-state index in [0.717, 1.165) is 11.3 Å². The average Bonchev–Trinajstić information content (AvgIpc) is 3.04. The lowest BCUT2D eigenvalue weighted by Gasteiger charge is -2.01. The van der Waals surface area contributed by atoms with Crippen LogP contribution in [0.4, 0.5) is 0 Å². The number of nitrogens with zero attached hydrogens (tertiary/aromatic N) is 2. The SMILES string of the molecule is Oc1cccn2cc(-c3ccc4c(c3)CCC4)nc12. The molecular weight excluding hydrogens is 236 g/mol. The number of benzene rings is 1. The summed E-state index contributed by atoms with van der Waals surface area (Å²) in [6.45, 7) is 0. The normalized spacial score (nSPS) is 13.9. The second kappa shape index (κ2) is 3.85. The molecule has 2 heterocycles. The maximum atomic E-state index is 9.80. The van der Waals surface area contributed by atoms with Crippen molar-refractivity contribution in [3.63, 3.8) is 0 Å². The summed E-state index contributed by atoms with van der Waals surface area (Å²) in [6, 6.07) is 10.1.